The number of ether oxygens (including phenoxy) is 2. The first-order chi connectivity index (χ1) is 13.1. The van der Waals surface area contributed by atoms with Crippen molar-refractivity contribution in [3.05, 3.63) is 48.0 Å². The normalized spacial score (nSPS) is 12.2. The van der Waals surface area contributed by atoms with Crippen LogP contribution in [0.4, 0.5) is 5.69 Å². The zero-order chi connectivity index (χ0) is 20.9. The van der Waals surface area contributed by atoms with Gasteiger partial charge in [0, 0.05) is 21.2 Å². The summed E-state index contributed by atoms with van der Waals surface area (Å²) in [6, 6.07) is 10.3. The van der Waals surface area contributed by atoms with E-state index < -0.39 is 20.0 Å². The number of hydrogen-bond donors (Lipinski definition) is 1. The Kier molecular flexibility index (Phi) is 7.05. The third-order valence-electron chi connectivity index (χ3n) is 3.89. The van der Waals surface area contributed by atoms with E-state index in [4.69, 9.17) is 9.47 Å². The van der Waals surface area contributed by atoms with Gasteiger partial charge in [-0.1, -0.05) is 6.07 Å². The number of methoxy groups -OCH3 is 1. The first-order valence-corrected chi connectivity index (χ1v) is 11.3. The molecule has 0 saturated heterocycles. The van der Waals surface area contributed by atoms with Gasteiger partial charge in [0.05, 0.1) is 22.1 Å². The minimum Gasteiger partial charge on any atom is -0.491 e. The van der Waals surface area contributed by atoms with Crippen molar-refractivity contribution in [2.45, 2.75) is 16.7 Å². The molecule has 0 aromatic heterocycles. The molecule has 0 spiro atoms. The van der Waals surface area contributed by atoms with Crippen LogP contribution in [0.5, 0.6) is 5.75 Å². The first-order valence-electron chi connectivity index (χ1n) is 8.36. The molecule has 0 bridgehead atoms. The number of rotatable bonds is 9. The summed E-state index contributed by atoms with van der Waals surface area (Å²) < 4.78 is 63.9. The van der Waals surface area contributed by atoms with Gasteiger partial charge < -0.3 is 9.47 Å². The summed E-state index contributed by atoms with van der Waals surface area (Å²) in [6.45, 7) is 2.43. The predicted octanol–water partition coefficient (Wildman–Crippen LogP) is 2.07. The van der Waals surface area contributed by atoms with Crippen molar-refractivity contribution < 1.29 is 26.3 Å². The SMILES string of the molecule is COCCOc1ccc(S(=O)(=O)Nc2ccc(C)c(S(=O)(=O)N(C)C)c2)cc1. The average Bonchev–Trinajstić information content (AvgIpc) is 2.63. The third-order valence-corrected chi connectivity index (χ3v) is 7.24. The fraction of sp³-hybridized carbons (Fsp3) is 0.333. The van der Waals surface area contributed by atoms with Gasteiger partial charge in [-0.2, -0.15) is 0 Å². The topological polar surface area (TPSA) is 102 Å². The van der Waals surface area contributed by atoms with E-state index in [1.807, 2.05) is 0 Å². The molecule has 10 heteroatoms. The fourth-order valence-corrected chi connectivity index (χ4v) is 4.50. The quantitative estimate of drug-likeness (QED) is 0.614. The van der Waals surface area contributed by atoms with E-state index in [9.17, 15) is 16.8 Å². The van der Waals surface area contributed by atoms with Crippen LogP contribution in [0.2, 0.25) is 0 Å². The maximum atomic E-state index is 12.6. The lowest BCUT2D eigenvalue weighted by Gasteiger charge is -2.15. The molecule has 0 unspecified atom stereocenters. The summed E-state index contributed by atoms with van der Waals surface area (Å²) in [7, 11) is -3.19. The van der Waals surface area contributed by atoms with Crippen molar-refractivity contribution in [2.24, 2.45) is 0 Å². The zero-order valence-corrected chi connectivity index (χ0v) is 17.8. The largest absolute Gasteiger partial charge is 0.491 e. The molecule has 0 radical (unpaired) electrons. The summed E-state index contributed by atoms with van der Waals surface area (Å²) >= 11 is 0. The van der Waals surface area contributed by atoms with E-state index in [0.717, 1.165) is 4.31 Å². The monoisotopic (exact) mass is 428 g/mol. The molecule has 0 saturated carbocycles. The minimum atomic E-state index is -3.89. The van der Waals surface area contributed by atoms with E-state index in [2.05, 4.69) is 4.72 Å². The van der Waals surface area contributed by atoms with Crippen LogP contribution >= 0.6 is 0 Å². The minimum absolute atomic E-state index is 0.0317. The average molecular weight is 429 g/mol. The Morgan fingerprint density at radius 2 is 1.61 bits per heavy atom. The summed E-state index contributed by atoms with van der Waals surface area (Å²) in [6.07, 6.45) is 0. The van der Waals surface area contributed by atoms with E-state index >= 15 is 0 Å². The molecule has 2 aromatic carbocycles. The molecule has 0 amide bonds. The number of benzene rings is 2. The van der Waals surface area contributed by atoms with Gasteiger partial charge in [-0.3, -0.25) is 4.72 Å². The summed E-state index contributed by atoms with van der Waals surface area (Å²) in [4.78, 5) is 0.0729. The van der Waals surface area contributed by atoms with Crippen molar-refractivity contribution in [3.8, 4) is 5.75 Å². The van der Waals surface area contributed by atoms with Gasteiger partial charge in [0.1, 0.15) is 12.4 Å². The highest BCUT2D eigenvalue weighted by atomic mass is 32.2. The second-order valence-electron chi connectivity index (χ2n) is 6.19. The van der Waals surface area contributed by atoms with Crippen molar-refractivity contribution in [2.75, 3.05) is 39.1 Å². The summed E-state index contributed by atoms with van der Waals surface area (Å²) in [5.41, 5.74) is 0.681. The Morgan fingerprint density at radius 3 is 2.18 bits per heavy atom. The van der Waals surface area contributed by atoms with Gasteiger partial charge in [-0.25, -0.2) is 21.1 Å². The molecule has 2 aromatic rings. The van der Waals surface area contributed by atoms with Crippen LogP contribution in [0, 0.1) is 6.92 Å². The lowest BCUT2D eigenvalue weighted by molar-refractivity contribution is 0.146. The number of anilines is 1. The highest BCUT2D eigenvalue weighted by molar-refractivity contribution is 7.92. The fourth-order valence-electron chi connectivity index (χ4n) is 2.31. The molecule has 2 rings (SSSR count). The molecular formula is C18H24N2O6S2. The van der Waals surface area contributed by atoms with Crippen LogP contribution in [0.1, 0.15) is 5.56 Å². The smallest absolute Gasteiger partial charge is 0.261 e. The van der Waals surface area contributed by atoms with Crippen LogP contribution < -0.4 is 9.46 Å². The van der Waals surface area contributed by atoms with Gasteiger partial charge in [-0.15, -0.1) is 0 Å². The lowest BCUT2D eigenvalue weighted by atomic mass is 10.2. The second-order valence-corrected chi connectivity index (χ2v) is 9.99. The van der Waals surface area contributed by atoms with Gasteiger partial charge in [0.15, 0.2) is 0 Å². The highest BCUT2D eigenvalue weighted by Crippen LogP contribution is 2.25. The van der Waals surface area contributed by atoms with Crippen molar-refractivity contribution >= 4 is 25.7 Å². The predicted molar refractivity (Wildman–Crippen MR) is 107 cm³/mol. The van der Waals surface area contributed by atoms with Crippen LogP contribution in [0.15, 0.2) is 52.3 Å². The summed E-state index contributed by atoms with van der Waals surface area (Å²) in [5, 5.41) is 0. The van der Waals surface area contributed by atoms with Crippen molar-refractivity contribution in [1.29, 1.82) is 0 Å². The molecular weight excluding hydrogens is 404 g/mol. The Morgan fingerprint density at radius 1 is 0.964 bits per heavy atom. The van der Waals surface area contributed by atoms with Crippen LogP contribution in [-0.2, 0) is 24.8 Å². The third kappa shape index (κ3) is 5.22. The second kappa shape index (κ2) is 8.91. The molecule has 8 nitrogen and oxygen atoms in total. The molecule has 28 heavy (non-hydrogen) atoms. The Labute approximate surface area is 166 Å². The maximum absolute atomic E-state index is 12.6. The molecule has 0 aliphatic rings. The lowest BCUT2D eigenvalue weighted by Crippen LogP contribution is -2.23. The maximum Gasteiger partial charge on any atom is 0.261 e. The molecule has 1 N–H and O–H groups in total. The Balaban J connectivity index is 2.25. The van der Waals surface area contributed by atoms with Crippen molar-refractivity contribution in [1.82, 2.24) is 4.31 Å². The molecule has 0 atom stereocenters. The van der Waals surface area contributed by atoms with Crippen LogP contribution in [0.25, 0.3) is 0 Å². The molecule has 0 heterocycles. The van der Waals surface area contributed by atoms with Crippen LogP contribution in [-0.4, -0.2) is 55.6 Å². The van der Waals surface area contributed by atoms with E-state index in [1.165, 1.54) is 38.4 Å². The van der Waals surface area contributed by atoms with E-state index in [-0.39, 0.29) is 15.5 Å². The van der Waals surface area contributed by atoms with Gasteiger partial charge in [0.2, 0.25) is 10.0 Å². The van der Waals surface area contributed by atoms with Gasteiger partial charge in [0.25, 0.3) is 10.0 Å². The number of aryl methyl sites for hydroxylation is 1. The van der Waals surface area contributed by atoms with E-state index in [0.29, 0.717) is 24.5 Å². The summed E-state index contributed by atoms with van der Waals surface area (Å²) in [5.74, 6) is 0.519. The Bertz CT molecular complexity index is 1020. The number of sulfonamides is 2. The standard InChI is InChI=1S/C18H24N2O6S2/c1-14-5-6-15(13-18(14)28(23,24)20(2)3)19-27(21,22)17-9-7-16(8-10-17)26-12-11-25-4/h5-10,13,19H,11-12H2,1-4H3. The number of hydrogen-bond acceptors (Lipinski definition) is 6. The molecule has 154 valence electrons. The van der Waals surface area contributed by atoms with Crippen molar-refractivity contribution in [3.63, 3.8) is 0 Å². The first kappa shape index (κ1) is 22.2. The van der Waals surface area contributed by atoms with Crippen LogP contribution in [0.3, 0.4) is 0 Å². The van der Waals surface area contributed by atoms with Gasteiger partial charge in [-0.05, 0) is 48.9 Å². The number of nitrogens with zero attached hydrogens (tertiary/aromatic N) is 1. The number of nitrogens with one attached hydrogen (secondary N) is 1. The molecule has 0 fully saturated rings. The zero-order valence-electron chi connectivity index (χ0n) is 16.2. The molecule has 0 aliphatic carbocycles. The Hall–Kier alpha value is -2.14. The van der Waals surface area contributed by atoms with Gasteiger partial charge >= 0.3 is 0 Å². The van der Waals surface area contributed by atoms with E-state index in [1.54, 1.807) is 32.2 Å². The highest BCUT2D eigenvalue weighted by Gasteiger charge is 2.21. The molecule has 0 aliphatic heterocycles.